The van der Waals surface area contributed by atoms with Crippen LogP contribution < -0.4 is 4.74 Å². The Kier molecular flexibility index (Phi) is 2.93. The summed E-state index contributed by atoms with van der Waals surface area (Å²) in [5.41, 5.74) is 2.01. The molecule has 0 saturated carbocycles. The molecule has 0 unspecified atom stereocenters. The van der Waals surface area contributed by atoms with Crippen molar-refractivity contribution < 1.29 is 4.74 Å². The summed E-state index contributed by atoms with van der Waals surface area (Å²) in [6.07, 6.45) is 0. The first-order valence-corrected chi connectivity index (χ1v) is 4.99. The monoisotopic (exact) mass is 217 g/mol. The lowest BCUT2D eigenvalue weighted by Crippen LogP contribution is -1.87. The largest absolute Gasteiger partial charge is 0.496 e. The SMILES string of the molecule is COc1ccc[c]c1-c1ccc(Cl)cc1. The second-order valence-electron chi connectivity index (χ2n) is 3.12. The Hall–Kier alpha value is -1.47. The molecule has 0 aliphatic carbocycles. The molecule has 0 saturated heterocycles. The van der Waals surface area contributed by atoms with E-state index in [1.54, 1.807) is 7.11 Å². The Bertz CT molecular complexity index is 448. The highest BCUT2D eigenvalue weighted by atomic mass is 35.5. The molecule has 0 N–H and O–H groups in total. The van der Waals surface area contributed by atoms with Gasteiger partial charge in [0.15, 0.2) is 0 Å². The van der Waals surface area contributed by atoms with Crippen molar-refractivity contribution >= 4 is 11.6 Å². The average Bonchev–Trinajstić information content (AvgIpc) is 2.30. The lowest BCUT2D eigenvalue weighted by molar-refractivity contribution is 0.416. The topological polar surface area (TPSA) is 9.23 Å². The minimum atomic E-state index is 0.730. The molecule has 75 valence electrons. The Morgan fingerprint density at radius 1 is 1.13 bits per heavy atom. The lowest BCUT2D eigenvalue weighted by atomic mass is 10.1. The number of hydrogen-bond donors (Lipinski definition) is 0. The van der Waals surface area contributed by atoms with Crippen LogP contribution in [0.1, 0.15) is 0 Å². The Balaban J connectivity index is 2.49. The third-order valence-electron chi connectivity index (χ3n) is 2.17. The minimum absolute atomic E-state index is 0.730. The van der Waals surface area contributed by atoms with Gasteiger partial charge in [-0.2, -0.15) is 0 Å². The molecule has 2 heteroatoms. The molecule has 2 aromatic carbocycles. The van der Waals surface area contributed by atoms with Gasteiger partial charge in [-0.3, -0.25) is 0 Å². The van der Waals surface area contributed by atoms with Gasteiger partial charge in [-0.15, -0.1) is 0 Å². The molecule has 0 aliphatic heterocycles. The second kappa shape index (κ2) is 4.37. The van der Waals surface area contributed by atoms with E-state index in [2.05, 4.69) is 6.07 Å². The molecular formula is C13H10ClO. The van der Waals surface area contributed by atoms with E-state index < -0.39 is 0 Å². The molecular weight excluding hydrogens is 208 g/mol. The van der Waals surface area contributed by atoms with Crippen LogP contribution in [0.4, 0.5) is 0 Å². The zero-order valence-electron chi connectivity index (χ0n) is 8.33. The van der Waals surface area contributed by atoms with Gasteiger partial charge in [-0.1, -0.05) is 35.9 Å². The van der Waals surface area contributed by atoms with Gasteiger partial charge in [-0.05, 0) is 29.8 Å². The van der Waals surface area contributed by atoms with E-state index in [9.17, 15) is 0 Å². The summed E-state index contributed by atoms with van der Waals surface area (Å²) in [6.45, 7) is 0. The first-order chi connectivity index (χ1) is 7.31. The van der Waals surface area contributed by atoms with Crippen LogP contribution in [0.25, 0.3) is 11.1 Å². The highest BCUT2D eigenvalue weighted by Gasteiger charge is 2.04. The van der Waals surface area contributed by atoms with E-state index in [0.29, 0.717) is 0 Å². The molecule has 0 fully saturated rings. The van der Waals surface area contributed by atoms with Gasteiger partial charge in [0.2, 0.25) is 0 Å². The number of hydrogen-bond acceptors (Lipinski definition) is 1. The molecule has 2 rings (SSSR count). The third kappa shape index (κ3) is 2.13. The fraction of sp³-hybridized carbons (Fsp3) is 0.0769. The number of benzene rings is 2. The molecule has 0 aliphatic rings. The molecule has 0 aromatic heterocycles. The van der Waals surface area contributed by atoms with Crippen LogP contribution in [0.2, 0.25) is 5.02 Å². The molecule has 0 bridgehead atoms. The van der Waals surface area contributed by atoms with E-state index in [4.69, 9.17) is 16.3 Å². The van der Waals surface area contributed by atoms with E-state index >= 15 is 0 Å². The van der Waals surface area contributed by atoms with Gasteiger partial charge in [0.25, 0.3) is 0 Å². The highest BCUT2D eigenvalue weighted by molar-refractivity contribution is 6.30. The quantitative estimate of drug-likeness (QED) is 0.743. The van der Waals surface area contributed by atoms with Crippen LogP contribution in [-0.4, -0.2) is 7.11 Å². The van der Waals surface area contributed by atoms with Crippen molar-refractivity contribution in [3.8, 4) is 16.9 Å². The van der Waals surface area contributed by atoms with Crippen LogP contribution in [-0.2, 0) is 0 Å². The van der Waals surface area contributed by atoms with E-state index in [1.807, 2.05) is 42.5 Å². The van der Waals surface area contributed by atoms with Crippen LogP contribution >= 0.6 is 11.6 Å². The summed E-state index contributed by atoms with van der Waals surface area (Å²) in [5, 5.41) is 0.730. The summed E-state index contributed by atoms with van der Waals surface area (Å²) in [4.78, 5) is 0. The summed E-state index contributed by atoms with van der Waals surface area (Å²) in [5.74, 6) is 0.819. The third-order valence-corrected chi connectivity index (χ3v) is 2.42. The fourth-order valence-electron chi connectivity index (χ4n) is 1.43. The number of rotatable bonds is 2. The van der Waals surface area contributed by atoms with Gasteiger partial charge in [-0.25, -0.2) is 0 Å². The van der Waals surface area contributed by atoms with Crippen LogP contribution in [0.15, 0.2) is 42.5 Å². The van der Waals surface area contributed by atoms with Crippen molar-refractivity contribution in [1.29, 1.82) is 0 Å². The number of halogens is 1. The van der Waals surface area contributed by atoms with Crippen molar-refractivity contribution in [3.63, 3.8) is 0 Å². The molecule has 1 radical (unpaired) electrons. The summed E-state index contributed by atoms with van der Waals surface area (Å²) in [6, 6.07) is 16.5. The van der Waals surface area contributed by atoms with Crippen LogP contribution in [0.3, 0.4) is 0 Å². The lowest BCUT2D eigenvalue weighted by Gasteiger charge is -2.07. The molecule has 15 heavy (non-hydrogen) atoms. The maximum absolute atomic E-state index is 5.83. The summed E-state index contributed by atoms with van der Waals surface area (Å²) >= 11 is 5.83. The predicted molar refractivity (Wildman–Crippen MR) is 62.3 cm³/mol. The molecule has 2 aromatic rings. The Labute approximate surface area is 94.3 Å². The normalized spacial score (nSPS) is 10.0. The highest BCUT2D eigenvalue weighted by Crippen LogP contribution is 2.29. The number of ether oxygens (including phenoxy) is 1. The van der Waals surface area contributed by atoms with Gasteiger partial charge >= 0.3 is 0 Å². The standard InChI is InChI=1S/C13H10ClO/c1-15-13-5-3-2-4-12(13)10-6-8-11(14)9-7-10/h2-3,5-9H,1H3. The van der Waals surface area contributed by atoms with Gasteiger partial charge < -0.3 is 4.74 Å². The van der Waals surface area contributed by atoms with Crippen molar-refractivity contribution in [3.05, 3.63) is 53.6 Å². The summed E-state index contributed by atoms with van der Waals surface area (Å²) in [7, 11) is 1.66. The van der Waals surface area contributed by atoms with E-state index in [0.717, 1.165) is 21.9 Å². The van der Waals surface area contributed by atoms with Crippen molar-refractivity contribution in [2.24, 2.45) is 0 Å². The molecule has 0 amide bonds. The number of methoxy groups -OCH3 is 1. The maximum Gasteiger partial charge on any atom is 0.127 e. The van der Waals surface area contributed by atoms with Crippen molar-refractivity contribution in [1.82, 2.24) is 0 Å². The van der Waals surface area contributed by atoms with Gasteiger partial charge in [0.1, 0.15) is 5.75 Å². The smallest absolute Gasteiger partial charge is 0.127 e. The van der Waals surface area contributed by atoms with E-state index in [-0.39, 0.29) is 0 Å². The second-order valence-corrected chi connectivity index (χ2v) is 3.56. The van der Waals surface area contributed by atoms with Crippen LogP contribution in [0, 0.1) is 6.07 Å². The maximum atomic E-state index is 5.83. The zero-order valence-corrected chi connectivity index (χ0v) is 9.08. The molecule has 1 nitrogen and oxygen atoms in total. The molecule has 0 atom stereocenters. The molecule has 0 spiro atoms. The minimum Gasteiger partial charge on any atom is -0.496 e. The fourth-order valence-corrected chi connectivity index (χ4v) is 1.56. The van der Waals surface area contributed by atoms with Crippen molar-refractivity contribution in [2.75, 3.05) is 7.11 Å². The van der Waals surface area contributed by atoms with Gasteiger partial charge in [0.05, 0.1) is 7.11 Å². The van der Waals surface area contributed by atoms with E-state index in [1.165, 1.54) is 0 Å². The Morgan fingerprint density at radius 3 is 2.53 bits per heavy atom. The average molecular weight is 218 g/mol. The van der Waals surface area contributed by atoms with Gasteiger partial charge in [0, 0.05) is 10.6 Å². The predicted octanol–water partition coefficient (Wildman–Crippen LogP) is 3.82. The molecule has 0 heterocycles. The first-order valence-electron chi connectivity index (χ1n) is 4.62. The summed E-state index contributed by atoms with van der Waals surface area (Å²) < 4.78 is 5.27. The first kappa shape index (κ1) is 10.1. The zero-order chi connectivity index (χ0) is 10.7. The Morgan fingerprint density at radius 2 is 1.87 bits per heavy atom. The van der Waals surface area contributed by atoms with Crippen molar-refractivity contribution in [2.45, 2.75) is 0 Å². The van der Waals surface area contributed by atoms with Crippen LogP contribution in [0.5, 0.6) is 5.75 Å².